The van der Waals surface area contributed by atoms with Crippen LogP contribution in [0.1, 0.15) is 48.5 Å². The van der Waals surface area contributed by atoms with E-state index in [1.165, 1.54) is 12.1 Å². The molecule has 0 radical (unpaired) electrons. The van der Waals surface area contributed by atoms with Gasteiger partial charge in [0.05, 0.1) is 11.3 Å². The summed E-state index contributed by atoms with van der Waals surface area (Å²) in [5, 5.41) is 8.98. The lowest BCUT2D eigenvalue weighted by atomic mass is 10.1. The van der Waals surface area contributed by atoms with Crippen LogP contribution in [0.3, 0.4) is 0 Å². The van der Waals surface area contributed by atoms with Crippen LogP contribution in [0.4, 0.5) is 0 Å². The molecule has 1 N–H and O–H groups in total. The Morgan fingerprint density at radius 3 is 2.81 bits per heavy atom. The number of sulfonamides is 1. The Bertz CT molecular complexity index is 612. The number of nitrogens with zero attached hydrogens (tertiary/aromatic N) is 1. The first kappa shape index (κ1) is 16.0. The molecule has 0 aliphatic carbocycles. The molecular weight excluding hydrogens is 290 g/mol. The normalized spacial score (nSPS) is 20.9. The maximum absolute atomic E-state index is 12.6. The molecule has 1 saturated heterocycles. The average Bonchev–Trinajstić information content (AvgIpc) is 2.63. The molecule has 1 fully saturated rings. The largest absolute Gasteiger partial charge is 0.478 e. The smallest absolute Gasteiger partial charge is 0.335 e. The molecule has 0 spiro atoms. The van der Waals surface area contributed by atoms with E-state index in [0.29, 0.717) is 12.1 Å². The van der Waals surface area contributed by atoms with E-state index < -0.39 is 16.0 Å². The summed E-state index contributed by atoms with van der Waals surface area (Å²) < 4.78 is 26.7. The minimum absolute atomic E-state index is 0.0140. The van der Waals surface area contributed by atoms with Crippen LogP contribution in [0.5, 0.6) is 0 Å². The van der Waals surface area contributed by atoms with Gasteiger partial charge in [0.15, 0.2) is 0 Å². The standard InChI is InChI=1S/C15H21NO4S/c1-12-6-3-2-4-9-16(12)21(19,20)11-13-7-5-8-14(10-13)15(17)18/h5,7-8,10,12H,2-4,6,9,11H2,1H3,(H,17,18). The highest BCUT2D eigenvalue weighted by Crippen LogP contribution is 2.22. The maximum Gasteiger partial charge on any atom is 0.335 e. The van der Waals surface area contributed by atoms with Crippen LogP contribution in [-0.2, 0) is 15.8 Å². The molecule has 0 aromatic heterocycles. The van der Waals surface area contributed by atoms with E-state index in [4.69, 9.17) is 5.11 Å². The fraction of sp³-hybridized carbons (Fsp3) is 0.533. The van der Waals surface area contributed by atoms with Gasteiger partial charge in [-0.3, -0.25) is 0 Å². The van der Waals surface area contributed by atoms with Gasteiger partial charge in [0.1, 0.15) is 0 Å². The summed E-state index contributed by atoms with van der Waals surface area (Å²) in [7, 11) is -3.41. The number of carbonyl (C=O) groups is 1. The van der Waals surface area contributed by atoms with Gasteiger partial charge in [-0.15, -0.1) is 0 Å². The highest BCUT2D eigenvalue weighted by atomic mass is 32.2. The third-order valence-corrected chi connectivity index (χ3v) is 5.83. The summed E-state index contributed by atoms with van der Waals surface area (Å²) in [6.45, 7) is 2.50. The monoisotopic (exact) mass is 311 g/mol. The fourth-order valence-electron chi connectivity index (χ4n) is 2.75. The molecule has 1 aliphatic heterocycles. The van der Waals surface area contributed by atoms with Crippen LogP contribution in [0.25, 0.3) is 0 Å². The van der Waals surface area contributed by atoms with E-state index in [-0.39, 0.29) is 17.4 Å². The quantitative estimate of drug-likeness (QED) is 0.927. The van der Waals surface area contributed by atoms with E-state index >= 15 is 0 Å². The Morgan fingerprint density at radius 2 is 2.10 bits per heavy atom. The second kappa shape index (κ2) is 6.58. The molecule has 6 heteroatoms. The van der Waals surface area contributed by atoms with Crippen LogP contribution in [-0.4, -0.2) is 36.4 Å². The van der Waals surface area contributed by atoms with Gasteiger partial charge in [-0.1, -0.05) is 25.0 Å². The molecule has 1 unspecified atom stereocenters. The molecule has 0 bridgehead atoms. The van der Waals surface area contributed by atoms with Crippen molar-refractivity contribution in [1.29, 1.82) is 0 Å². The van der Waals surface area contributed by atoms with Crippen molar-refractivity contribution in [2.45, 2.75) is 44.4 Å². The van der Waals surface area contributed by atoms with Crippen molar-refractivity contribution >= 4 is 16.0 Å². The van der Waals surface area contributed by atoms with Gasteiger partial charge in [-0.25, -0.2) is 13.2 Å². The van der Waals surface area contributed by atoms with Crippen LogP contribution in [0.15, 0.2) is 24.3 Å². The summed E-state index contributed by atoms with van der Waals surface area (Å²) in [6.07, 6.45) is 3.89. The first-order valence-corrected chi connectivity index (χ1v) is 8.83. The SMILES string of the molecule is CC1CCCCCN1S(=O)(=O)Cc1cccc(C(=O)O)c1. The van der Waals surface area contributed by atoms with Crippen LogP contribution in [0.2, 0.25) is 0 Å². The predicted molar refractivity (Wildman–Crippen MR) is 80.7 cm³/mol. The lowest BCUT2D eigenvalue weighted by Crippen LogP contribution is -2.38. The third-order valence-electron chi connectivity index (χ3n) is 3.87. The van der Waals surface area contributed by atoms with Crippen molar-refractivity contribution in [3.8, 4) is 0 Å². The van der Waals surface area contributed by atoms with Gasteiger partial charge < -0.3 is 5.11 Å². The zero-order valence-corrected chi connectivity index (χ0v) is 13.0. The highest BCUT2D eigenvalue weighted by Gasteiger charge is 2.28. The molecular formula is C15H21NO4S. The number of hydrogen-bond acceptors (Lipinski definition) is 3. The Morgan fingerprint density at radius 1 is 1.33 bits per heavy atom. The topological polar surface area (TPSA) is 74.7 Å². The number of carboxylic acid groups (broad SMARTS) is 1. The van der Waals surface area contributed by atoms with Crippen LogP contribution >= 0.6 is 0 Å². The third kappa shape index (κ3) is 4.04. The minimum atomic E-state index is -3.41. The Kier molecular flexibility index (Phi) is 5.00. The summed E-state index contributed by atoms with van der Waals surface area (Å²) in [5.74, 6) is -1.18. The van der Waals surface area contributed by atoms with Crippen LogP contribution < -0.4 is 0 Å². The van der Waals surface area contributed by atoms with Gasteiger partial charge in [0, 0.05) is 12.6 Å². The highest BCUT2D eigenvalue weighted by molar-refractivity contribution is 7.88. The lowest BCUT2D eigenvalue weighted by molar-refractivity contribution is 0.0696. The van der Waals surface area contributed by atoms with E-state index in [9.17, 15) is 13.2 Å². The number of aromatic carboxylic acids is 1. The Labute approximate surface area is 125 Å². The molecule has 21 heavy (non-hydrogen) atoms. The van der Waals surface area contributed by atoms with Gasteiger partial charge in [-0.2, -0.15) is 4.31 Å². The van der Waals surface area contributed by atoms with Crippen molar-refractivity contribution in [2.24, 2.45) is 0 Å². The molecule has 1 heterocycles. The Balaban J connectivity index is 2.20. The number of hydrogen-bond donors (Lipinski definition) is 1. The first-order chi connectivity index (χ1) is 9.90. The van der Waals surface area contributed by atoms with Gasteiger partial charge >= 0.3 is 5.97 Å². The van der Waals surface area contributed by atoms with Crippen molar-refractivity contribution in [2.75, 3.05) is 6.54 Å². The van der Waals surface area contributed by atoms with Crippen molar-refractivity contribution in [3.63, 3.8) is 0 Å². The summed E-state index contributed by atoms with van der Waals surface area (Å²) in [5.41, 5.74) is 0.637. The van der Waals surface area contributed by atoms with E-state index in [1.54, 1.807) is 16.4 Å². The summed E-state index contributed by atoms with van der Waals surface area (Å²) in [4.78, 5) is 11.0. The van der Waals surface area contributed by atoms with Crippen molar-refractivity contribution < 1.29 is 18.3 Å². The van der Waals surface area contributed by atoms with E-state index in [1.807, 2.05) is 6.92 Å². The molecule has 0 saturated carbocycles. The van der Waals surface area contributed by atoms with Crippen LogP contribution in [0, 0.1) is 0 Å². The minimum Gasteiger partial charge on any atom is -0.478 e. The molecule has 2 rings (SSSR count). The lowest BCUT2D eigenvalue weighted by Gasteiger charge is -2.26. The number of benzene rings is 1. The van der Waals surface area contributed by atoms with Crippen molar-refractivity contribution in [1.82, 2.24) is 4.31 Å². The zero-order chi connectivity index (χ0) is 15.5. The van der Waals surface area contributed by atoms with Gasteiger partial charge in [0.25, 0.3) is 0 Å². The molecule has 0 amide bonds. The van der Waals surface area contributed by atoms with Gasteiger partial charge in [-0.05, 0) is 37.5 Å². The fourth-order valence-corrected chi connectivity index (χ4v) is 4.58. The molecule has 1 atom stereocenters. The number of carboxylic acids is 1. The van der Waals surface area contributed by atoms with E-state index in [2.05, 4.69) is 0 Å². The van der Waals surface area contributed by atoms with Crippen molar-refractivity contribution in [3.05, 3.63) is 35.4 Å². The predicted octanol–water partition coefficient (Wildman–Crippen LogP) is 2.48. The molecule has 1 aromatic carbocycles. The summed E-state index contributed by atoms with van der Waals surface area (Å²) >= 11 is 0. The molecule has 1 aliphatic rings. The zero-order valence-electron chi connectivity index (χ0n) is 12.2. The second-order valence-corrected chi connectivity index (χ2v) is 7.49. The Hall–Kier alpha value is -1.40. The maximum atomic E-state index is 12.6. The molecule has 5 nitrogen and oxygen atoms in total. The summed E-state index contributed by atoms with van der Waals surface area (Å²) in [6, 6.07) is 6.15. The van der Waals surface area contributed by atoms with E-state index in [0.717, 1.165) is 25.7 Å². The number of rotatable bonds is 4. The first-order valence-electron chi connectivity index (χ1n) is 7.22. The average molecular weight is 311 g/mol. The molecule has 116 valence electrons. The second-order valence-electron chi connectivity index (χ2n) is 5.57. The van der Waals surface area contributed by atoms with Gasteiger partial charge in [0.2, 0.25) is 10.0 Å². The molecule has 1 aromatic rings.